The Morgan fingerprint density at radius 1 is 1.13 bits per heavy atom. The van der Waals surface area contributed by atoms with E-state index in [9.17, 15) is 4.79 Å². The minimum atomic E-state index is -0.211. The van der Waals surface area contributed by atoms with Crippen LogP contribution in [-0.4, -0.2) is 18.7 Å². The molecule has 3 rings (SSSR count). The Morgan fingerprint density at radius 3 is 2.78 bits per heavy atom. The fourth-order valence-electron chi connectivity index (χ4n) is 2.16. The zero-order chi connectivity index (χ0) is 16.1. The van der Waals surface area contributed by atoms with E-state index in [-0.39, 0.29) is 12.5 Å². The summed E-state index contributed by atoms with van der Waals surface area (Å²) in [4.78, 5) is 12.7. The number of carbonyl (C=O) groups is 1. The highest BCUT2D eigenvalue weighted by Crippen LogP contribution is 2.22. The molecule has 0 fully saturated rings. The molecule has 116 valence electrons. The lowest BCUT2D eigenvalue weighted by Gasteiger charge is -2.08. The number of hydrogen-bond donors (Lipinski definition) is 2. The van der Waals surface area contributed by atoms with Crippen LogP contribution in [-0.2, 0) is 4.79 Å². The van der Waals surface area contributed by atoms with E-state index in [1.807, 2.05) is 48.5 Å². The summed E-state index contributed by atoms with van der Waals surface area (Å²) in [6.07, 6.45) is 1.58. The standard InChI is InChI=1S/C17H14ClN3OS/c18-16-9-8-13(23-16)10-20-21-17(22)11-19-15-7-3-5-12-4-1-2-6-14(12)15/h1-10,19H,11H2,(H,21,22). The Hall–Kier alpha value is -2.37. The molecule has 23 heavy (non-hydrogen) atoms. The molecule has 2 N–H and O–H groups in total. The van der Waals surface area contributed by atoms with Crippen molar-refractivity contribution >= 4 is 51.5 Å². The molecule has 3 aromatic rings. The second kappa shape index (κ2) is 7.26. The molecule has 6 heteroatoms. The number of benzene rings is 2. The first kappa shape index (κ1) is 15.5. The van der Waals surface area contributed by atoms with Gasteiger partial charge in [0.05, 0.1) is 17.1 Å². The molecule has 0 saturated carbocycles. The molecule has 0 aliphatic rings. The number of hydrazone groups is 1. The van der Waals surface area contributed by atoms with Gasteiger partial charge >= 0.3 is 0 Å². The van der Waals surface area contributed by atoms with Crippen molar-refractivity contribution in [1.82, 2.24) is 5.43 Å². The van der Waals surface area contributed by atoms with Crippen LogP contribution in [0.2, 0.25) is 4.34 Å². The quantitative estimate of drug-likeness (QED) is 0.541. The number of rotatable bonds is 5. The zero-order valence-corrected chi connectivity index (χ0v) is 13.7. The lowest BCUT2D eigenvalue weighted by molar-refractivity contribution is -0.119. The number of nitrogens with one attached hydrogen (secondary N) is 2. The second-order valence-corrected chi connectivity index (χ2v) is 6.56. The van der Waals surface area contributed by atoms with E-state index < -0.39 is 0 Å². The molecule has 0 radical (unpaired) electrons. The third-order valence-electron chi connectivity index (χ3n) is 3.20. The van der Waals surface area contributed by atoms with Gasteiger partial charge in [0, 0.05) is 16.0 Å². The van der Waals surface area contributed by atoms with Crippen molar-refractivity contribution < 1.29 is 4.79 Å². The van der Waals surface area contributed by atoms with Crippen LogP contribution in [0, 0.1) is 0 Å². The van der Waals surface area contributed by atoms with Crippen LogP contribution in [0.4, 0.5) is 5.69 Å². The maximum absolute atomic E-state index is 11.8. The van der Waals surface area contributed by atoms with Gasteiger partial charge in [-0.2, -0.15) is 5.10 Å². The van der Waals surface area contributed by atoms with Gasteiger partial charge in [-0.05, 0) is 23.6 Å². The molecule has 1 amide bonds. The average Bonchev–Trinajstić information content (AvgIpc) is 2.98. The summed E-state index contributed by atoms with van der Waals surface area (Å²) in [5.41, 5.74) is 3.41. The molecule has 4 nitrogen and oxygen atoms in total. The van der Waals surface area contributed by atoms with Gasteiger partial charge in [-0.1, -0.05) is 48.0 Å². The van der Waals surface area contributed by atoms with Gasteiger partial charge in [0.2, 0.25) is 0 Å². The Bertz CT molecular complexity index is 854. The third kappa shape index (κ3) is 4.09. The summed E-state index contributed by atoms with van der Waals surface area (Å²) in [5, 5.41) is 9.27. The van der Waals surface area contributed by atoms with Crippen LogP contribution >= 0.6 is 22.9 Å². The highest BCUT2D eigenvalue weighted by atomic mass is 35.5. The maximum atomic E-state index is 11.8. The molecule has 0 aliphatic heterocycles. The number of hydrogen-bond acceptors (Lipinski definition) is 4. The highest BCUT2D eigenvalue weighted by Gasteiger charge is 2.03. The van der Waals surface area contributed by atoms with Gasteiger partial charge in [-0.15, -0.1) is 11.3 Å². The number of carbonyl (C=O) groups excluding carboxylic acids is 1. The SMILES string of the molecule is O=C(CNc1cccc2ccccc12)NN=Cc1ccc(Cl)s1. The van der Waals surface area contributed by atoms with Crippen molar-refractivity contribution in [2.45, 2.75) is 0 Å². The largest absolute Gasteiger partial charge is 0.376 e. The van der Waals surface area contributed by atoms with Crippen molar-refractivity contribution in [3.05, 3.63) is 63.8 Å². The Labute approximate surface area is 142 Å². The summed E-state index contributed by atoms with van der Waals surface area (Å²) in [6.45, 7) is 0.149. The lowest BCUT2D eigenvalue weighted by atomic mass is 10.1. The van der Waals surface area contributed by atoms with E-state index in [0.717, 1.165) is 21.3 Å². The number of fused-ring (bicyclic) bond motifs is 1. The van der Waals surface area contributed by atoms with Gasteiger partial charge in [0.25, 0.3) is 5.91 Å². The summed E-state index contributed by atoms with van der Waals surface area (Å²) in [6, 6.07) is 17.6. The third-order valence-corrected chi connectivity index (χ3v) is 4.37. The fraction of sp³-hybridized carbons (Fsp3) is 0.0588. The fourth-order valence-corrected chi connectivity index (χ4v) is 3.09. The Kier molecular flexibility index (Phi) is 4.90. The van der Waals surface area contributed by atoms with Crippen LogP contribution in [0.1, 0.15) is 4.88 Å². The van der Waals surface area contributed by atoms with E-state index in [4.69, 9.17) is 11.6 Å². The average molecular weight is 344 g/mol. The van der Waals surface area contributed by atoms with Gasteiger partial charge < -0.3 is 5.32 Å². The molecular formula is C17H14ClN3OS. The molecule has 0 spiro atoms. The van der Waals surface area contributed by atoms with Crippen molar-refractivity contribution in [3.8, 4) is 0 Å². The van der Waals surface area contributed by atoms with E-state index in [1.165, 1.54) is 11.3 Å². The normalized spacial score (nSPS) is 11.0. The number of amides is 1. The minimum absolute atomic E-state index is 0.149. The maximum Gasteiger partial charge on any atom is 0.259 e. The van der Waals surface area contributed by atoms with Crippen LogP contribution in [0.3, 0.4) is 0 Å². The Balaban J connectivity index is 1.57. The van der Waals surface area contributed by atoms with Gasteiger partial charge in [0.15, 0.2) is 0 Å². The monoisotopic (exact) mass is 343 g/mol. The first-order valence-electron chi connectivity index (χ1n) is 7.01. The molecule has 2 aromatic carbocycles. The van der Waals surface area contributed by atoms with Gasteiger partial charge in [0.1, 0.15) is 0 Å². The Morgan fingerprint density at radius 2 is 1.96 bits per heavy atom. The van der Waals surface area contributed by atoms with E-state index >= 15 is 0 Å². The molecule has 0 aliphatic carbocycles. The van der Waals surface area contributed by atoms with E-state index in [1.54, 1.807) is 12.3 Å². The van der Waals surface area contributed by atoms with Crippen LogP contribution in [0.25, 0.3) is 10.8 Å². The second-order valence-electron chi connectivity index (χ2n) is 4.82. The van der Waals surface area contributed by atoms with Crippen LogP contribution < -0.4 is 10.7 Å². The summed E-state index contributed by atoms with van der Waals surface area (Å²) in [5.74, 6) is -0.211. The number of anilines is 1. The molecule has 0 saturated heterocycles. The van der Waals surface area contributed by atoms with Crippen molar-refractivity contribution in [2.75, 3.05) is 11.9 Å². The highest BCUT2D eigenvalue weighted by molar-refractivity contribution is 7.17. The number of thiophene rings is 1. The molecular weight excluding hydrogens is 330 g/mol. The minimum Gasteiger partial charge on any atom is -0.376 e. The number of halogens is 1. The van der Waals surface area contributed by atoms with Crippen molar-refractivity contribution in [1.29, 1.82) is 0 Å². The molecule has 1 heterocycles. The first-order chi connectivity index (χ1) is 11.2. The first-order valence-corrected chi connectivity index (χ1v) is 8.21. The number of nitrogens with zero attached hydrogens (tertiary/aromatic N) is 1. The topological polar surface area (TPSA) is 53.5 Å². The van der Waals surface area contributed by atoms with E-state index in [0.29, 0.717) is 4.34 Å². The van der Waals surface area contributed by atoms with Gasteiger partial charge in [-0.3, -0.25) is 4.79 Å². The predicted octanol–water partition coefficient (Wildman–Crippen LogP) is 4.12. The smallest absolute Gasteiger partial charge is 0.259 e. The predicted molar refractivity (Wildman–Crippen MR) is 97.5 cm³/mol. The summed E-state index contributed by atoms with van der Waals surface area (Å²) in [7, 11) is 0. The molecule has 1 aromatic heterocycles. The van der Waals surface area contributed by atoms with Crippen molar-refractivity contribution in [2.24, 2.45) is 5.10 Å². The lowest BCUT2D eigenvalue weighted by Crippen LogP contribution is -2.25. The van der Waals surface area contributed by atoms with E-state index in [2.05, 4.69) is 15.8 Å². The van der Waals surface area contributed by atoms with Gasteiger partial charge in [-0.25, -0.2) is 5.43 Å². The summed E-state index contributed by atoms with van der Waals surface area (Å²) < 4.78 is 0.690. The zero-order valence-electron chi connectivity index (χ0n) is 12.1. The molecule has 0 atom stereocenters. The molecule has 0 bridgehead atoms. The van der Waals surface area contributed by atoms with Crippen LogP contribution in [0.15, 0.2) is 59.7 Å². The van der Waals surface area contributed by atoms with Crippen LogP contribution in [0.5, 0.6) is 0 Å². The summed E-state index contributed by atoms with van der Waals surface area (Å²) >= 11 is 7.23. The molecule has 0 unspecified atom stereocenters. The van der Waals surface area contributed by atoms with Crippen molar-refractivity contribution in [3.63, 3.8) is 0 Å².